The summed E-state index contributed by atoms with van der Waals surface area (Å²) >= 11 is 1.68. The van der Waals surface area contributed by atoms with Crippen molar-refractivity contribution in [3.63, 3.8) is 0 Å². The summed E-state index contributed by atoms with van der Waals surface area (Å²) in [5.41, 5.74) is 1.08. The van der Waals surface area contributed by atoms with Crippen LogP contribution < -0.4 is 10.1 Å². The summed E-state index contributed by atoms with van der Waals surface area (Å²) < 4.78 is 19.1. The van der Waals surface area contributed by atoms with Gasteiger partial charge in [0, 0.05) is 24.0 Å². The highest BCUT2D eigenvalue weighted by Gasteiger charge is 2.34. The Morgan fingerprint density at radius 3 is 2.71 bits per heavy atom. The minimum atomic E-state index is -0.322. The third-order valence-electron chi connectivity index (χ3n) is 5.65. The molecule has 0 saturated carbocycles. The van der Waals surface area contributed by atoms with Crippen LogP contribution in [0.1, 0.15) is 43.7 Å². The number of fused-ring (bicyclic) bond motifs is 1. The number of nitrogens with one attached hydrogen (secondary N) is 1. The Morgan fingerprint density at radius 1 is 1.29 bits per heavy atom. The summed E-state index contributed by atoms with van der Waals surface area (Å²) in [5, 5.41) is 4.84. The number of rotatable bonds is 8. The fourth-order valence-electron chi connectivity index (χ4n) is 3.72. The van der Waals surface area contributed by atoms with E-state index in [9.17, 15) is 14.0 Å². The Morgan fingerprint density at radius 2 is 2.03 bits per heavy atom. The molecule has 2 aromatic rings. The first-order valence-corrected chi connectivity index (χ1v) is 11.6. The minimum Gasteiger partial charge on any atom is -0.491 e. The average molecular weight is 448 g/mol. The van der Waals surface area contributed by atoms with Gasteiger partial charge < -0.3 is 19.9 Å². The van der Waals surface area contributed by atoms with E-state index in [1.165, 1.54) is 17.0 Å². The number of ether oxygens (including phenoxy) is 1. The molecule has 168 valence electrons. The summed E-state index contributed by atoms with van der Waals surface area (Å²) in [5.74, 6) is 0.133. The van der Waals surface area contributed by atoms with Crippen LogP contribution in [0.5, 0.6) is 5.75 Å². The molecule has 0 bridgehead atoms. The molecule has 0 unspecified atom stereocenters. The van der Waals surface area contributed by atoms with Gasteiger partial charge in [0.25, 0.3) is 0 Å². The minimum absolute atomic E-state index is 0.0212. The molecular weight excluding hydrogens is 417 g/mol. The van der Waals surface area contributed by atoms with Crippen molar-refractivity contribution in [2.24, 2.45) is 0 Å². The molecule has 31 heavy (non-hydrogen) atoms. The zero-order valence-electron chi connectivity index (χ0n) is 18.3. The van der Waals surface area contributed by atoms with Gasteiger partial charge in [-0.3, -0.25) is 4.79 Å². The predicted octanol–water partition coefficient (Wildman–Crippen LogP) is 4.22. The molecule has 0 radical (unpaired) electrons. The lowest BCUT2D eigenvalue weighted by atomic mass is 10.00. The monoisotopic (exact) mass is 447 g/mol. The number of hydrogen-bond acceptors (Lipinski definition) is 4. The number of thiophene rings is 1. The first-order valence-electron chi connectivity index (χ1n) is 10.7. The molecular formula is C23H30FN3O3S. The molecule has 0 fully saturated rings. The van der Waals surface area contributed by atoms with Crippen LogP contribution in [0.3, 0.4) is 0 Å². The fourth-order valence-corrected chi connectivity index (χ4v) is 4.65. The summed E-state index contributed by atoms with van der Waals surface area (Å²) in [6.07, 6.45) is 1.55. The Kier molecular flexibility index (Phi) is 7.90. The molecule has 0 saturated heterocycles. The highest BCUT2D eigenvalue weighted by atomic mass is 32.1. The lowest BCUT2D eigenvalue weighted by molar-refractivity contribution is -0.135. The van der Waals surface area contributed by atoms with E-state index in [0.717, 1.165) is 18.4 Å². The summed E-state index contributed by atoms with van der Waals surface area (Å²) in [6, 6.07) is 7.38. The Balaban J connectivity index is 1.77. The predicted molar refractivity (Wildman–Crippen MR) is 120 cm³/mol. The van der Waals surface area contributed by atoms with E-state index in [1.807, 2.05) is 37.1 Å². The van der Waals surface area contributed by atoms with E-state index in [2.05, 4.69) is 5.32 Å². The standard InChI is InChI=1S/C23H30FN3O3S/c1-4-16(3)27(23(29)25-5-2)14-22(28)26-12-10-21-19(11-13-31-21)20(26)15-30-18-8-6-17(24)7-9-18/h6-9,11,13,16,20H,4-5,10,12,14-15H2,1-3H3,(H,25,29)/t16-,20+/m0/s1. The summed E-state index contributed by atoms with van der Waals surface area (Å²) in [6.45, 7) is 7.19. The van der Waals surface area contributed by atoms with Gasteiger partial charge in [-0.05, 0) is 68.0 Å². The molecule has 1 N–H and O–H groups in total. The lowest BCUT2D eigenvalue weighted by Crippen LogP contribution is -2.52. The molecule has 3 amide bonds. The van der Waals surface area contributed by atoms with Crippen LogP contribution in [0.2, 0.25) is 0 Å². The van der Waals surface area contributed by atoms with E-state index in [-0.39, 0.29) is 43.0 Å². The van der Waals surface area contributed by atoms with Crippen LogP contribution in [0.25, 0.3) is 0 Å². The molecule has 1 aromatic heterocycles. The molecule has 1 aliphatic heterocycles. The van der Waals surface area contributed by atoms with Crippen molar-refractivity contribution in [2.75, 3.05) is 26.2 Å². The number of hydrogen-bond donors (Lipinski definition) is 1. The van der Waals surface area contributed by atoms with Crippen molar-refractivity contribution < 1.29 is 18.7 Å². The van der Waals surface area contributed by atoms with Crippen LogP contribution in [0, 0.1) is 5.82 Å². The first-order chi connectivity index (χ1) is 14.9. The normalized spacial score (nSPS) is 16.4. The van der Waals surface area contributed by atoms with Crippen LogP contribution in [-0.4, -0.2) is 54.0 Å². The Labute approximate surface area is 187 Å². The third-order valence-corrected chi connectivity index (χ3v) is 6.65. The number of carbonyl (C=O) groups is 2. The molecule has 8 heteroatoms. The van der Waals surface area contributed by atoms with Gasteiger partial charge in [0.05, 0.1) is 6.04 Å². The third kappa shape index (κ3) is 5.55. The van der Waals surface area contributed by atoms with Gasteiger partial charge in [-0.1, -0.05) is 6.92 Å². The maximum Gasteiger partial charge on any atom is 0.318 e. The molecule has 0 aliphatic carbocycles. The summed E-state index contributed by atoms with van der Waals surface area (Å²) in [7, 11) is 0. The second kappa shape index (κ2) is 10.6. The zero-order chi connectivity index (χ0) is 22.4. The quantitative estimate of drug-likeness (QED) is 0.659. The number of urea groups is 1. The Hall–Kier alpha value is -2.61. The molecule has 3 rings (SSSR count). The number of carbonyl (C=O) groups excluding carboxylic acids is 2. The molecule has 1 aliphatic rings. The van der Waals surface area contributed by atoms with E-state index in [0.29, 0.717) is 18.8 Å². The fraction of sp³-hybridized carbons (Fsp3) is 0.478. The van der Waals surface area contributed by atoms with Crippen LogP contribution in [0.15, 0.2) is 35.7 Å². The summed E-state index contributed by atoms with van der Waals surface area (Å²) in [4.78, 5) is 30.5. The molecule has 2 atom stereocenters. The molecule has 0 spiro atoms. The zero-order valence-corrected chi connectivity index (χ0v) is 19.1. The second-order valence-corrected chi connectivity index (χ2v) is 8.64. The van der Waals surface area contributed by atoms with E-state index in [4.69, 9.17) is 4.74 Å². The van der Waals surface area contributed by atoms with Crippen LogP contribution >= 0.6 is 11.3 Å². The van der Waals surface area contributed by atoms with Crippen molar-refractivity contribution in [3.05, 3.63) is 52.0 Å². The van der Waals surface area contributed by atoms with Crippen molar-refractivity contribution >= 4 is 23.3 Å². The van der Waals surface area contributed by atoms with Gasteiger partial charge in [0.15, 0.2) is 0 Å². The van der Waals surface area contributed by atoms with Crippen LogP contribution in [-0.2, 0) is 11.2 Å². The second-order valence-electron chi connectivity index (χ2n) is 7.64. The largest absolute Gasteiger partial charge is 0.491 e. The number of halogens is 1. The number of nitrogens with zero attached hydrogens (tertiary/aromatic N) is 2. The van der Waals surface area contributed by atoms with E-state index >= 15 is 0 Å². The van der Waals surface area contributed by atoms with Gasteiger partial charge in [0.1, 0.15) is 24.7 Å². The Bertz CT molecular complexity index is 886. The highest BCUT2D eigenvalue weighted by molar-refractivity contribution is 7.10. The van der Waals surface area contributed by atoms with Crippen molar-refractivity contribution in [3.8, 4) is 5.75 Å². The molecule has 6 nitrogen and oxygen atoms in total. The van der Waals surface area contributed by atoms with E-state index < -0.39 is 0 Å². The highest BCUT2D eigenvalue weighted by Crippen LogP contribution is 2.34. The first kappa shape index (κ1) is 23.1. The van der Waals surface area contributed by atoms with Gasteiger partial charge in [-0.25, -0.2) is 9.18 Å². The smallest absolute Gasteiger partial charge is 0.318 e. The van der Waals surface area contributed by atoms with Gasteiger partial charge in [-0.15, -0.1) is 11.3 Å². The van der Waals surface area contributed by atoms with Gasteiger partial charge >= 0.3 is 6.03 Å². The maximum absolute atomic E-state index is 13.3. The number of amides is 3. The molecule has 1 aromatic carbocycles. The van der Waals surface area contributed by atoms with Crippen LogP contribution in [0.4, 0.5) is 9.18 Å². The van der Waals surface area contributed by atoms with Gasteiger partial charge in [0.2, 0.25) is 5.91 Å². The van der Waals surface area contributed by atoms with Crippen molar-refractivity contribution in [2.45, 2.75) is 45.7 Å². The van der Waals surface area contributed by atoms with Gasteiger partial charge in [-0.2, -0.15) is 0 Å². The van der Waals surface area contributed by atoms with E-state index in [1.54, 1.807) is 28.4 Å². The SMILES string of the molecule is CCNC(=O)N(CC(=O)N1CCc2sccc2[C@H]1COc1ccc(F)cc1)[C@@H](C)CC. The lowest BCUT2D eigenvalue weighted by Gasteiger charge is -2.38. The number of benzene rings is 1. The van der Waals surface area contributed by atoms with Crippen molar-refractivity contribution in [1.29, 1.82) is 0 Å². The van der Waals surface area contributed by atoms with Crippen molar-refractivity contribution in [1.82, 2.24) is 15.1 Å². The maximum atomic E-state index is 13.3. The topological polar surface area (TPSA) is 61.9 Å². The molecule has 2 heterocycles. The average Bonchev–Trinajstić information content (AvgIpc) is 3.25.